The molecule has 302 valence electrons. The number of carbonyl (C=O) groups is 4. The minimum Gasteiger partial charge on any atom is -0.462 e. The lowest BCUT2D eigenvalue weighted by molar-refractivity contribution is -0.171. The van der Waals surface area contributed by atoms with Crippen molar-refractivity contribution in [3.05, 3.63) is 72.1 Å². The molecule has 0 unspecified atom stereocenters. The second kappa shape index (κ2) is 23.8. The fourth-order valence-electron chi connectivity index (χ4n) is 5.96. The third-order valence-electron chi connectivity index (χ3n) is 9.01. The van der Waals surface area contributed by atoms with E-state index >= 15 is 8.78 Å². The van der Waals surface area contributed by atoms with Gasteiger partial charge in [0.05, 0.1) is 31.3 Å². The molecule has 55 heavy (non-hydrogen) atoms. The second-order valence-electron chi connectivity index (χ2n) is 13.4. The molecule has 3 aromatic rings. The molecular weight excluding hydrogens is 723 g/mol. The maximum Gasteiger partial charge on any atom is 0.307 e. The summed E-state index contributed by atoms with van der Waals surface area (Å²) in [6.45, 7) is 4.46. The number of halogens is 3. The van der Waals surface area contributed by atoms with Crippen molar-refractivity contribution in [2.75, 3.05) is 13.2 Å². The fourth-order valence-corrected chi connectivity index (χ4v) is 5.96. The zero-order valence-corrected chi connectivity index (χ0v) is 31.9. The maximum absolute atomic E-state index is 15.6. The number of benzene rings is 1. The largest absolute Gasteiger partial charge is 0.462 e. The first-order chi connectivity index (χ1) is 26.5. The van der Waals surface area contributed by atoms with Crippen molar-refractivity contribution in [2.45, 2.75) is 135 Å². The molecule has 0 aliphatic heterocycles. The lowest BCUT2D eigenvalue weighted by Crippen LogP contribution is -2.43. The van der Waals surface area contributed by atoms with Crippen LogP contribution in [0.2, 0.25) is 0 Å². The molecular formula is C39H52F3N5O8. The smallest absolute Gasteiger partial charge is 0.307 e. The summed E-state index contributed by atoms with van der Waals surface area (Å²) < 4.78 is 68.2. The Hall–Kier alpha value is -4.89. The highest BCUT2D eigenvalue weighted by Crippen LogP contribution is 2.43. The van der Waals surface area contributed by atoms with Gasteiger partial charge in [-0.25, -0.2) is 32.8 Å². The molecule has 1 aromatic carbocycles. The summed E-state index contributed by atoms with van der Waals surface area (Å²) in [5, 5.41) is 4.05. The van der Waals surface area contributed by atoms with Crippen molar-refractivity contribution in [1.29, 1.82) is 0 Å². The third kappa shape index (κ3) is 15.0. The molecule has 0 N–H and O–H groups in total. The molecule has 13 nitrogen and oxygen atoms in total. The summed E-state index contributed by atoms with van der Waals surface area (Å²) in [4.78, 5) is 63.0. The molecule has 2 atom stereocenters. The molecule has 0 fully saturated rings. The highest BCUT2D eigenvalue weighted by Gasteiger charge is 2.47. The van der Waals surface area contributed by atoms with Crippen LogP contribution >= 0.6 is 0 Å². The number of nitrogens with zero attached hydrogens (tertiary/aromatic N) is 5. The van der Waals surface area contributed by atoms with E-state index in [1.165, 1.54) is 24.3 Å². The Balaban J connectivity index is 1.75. The van der Waals surface area contributed by atoms with E-state index in [4.69, 9.17) is 18.9 Å². The third-order valence-corrected chi connectivity index (χ3v) is 9.01. The van der Waals surface area contributed by atoms with Gasteiger partial charge in [-0.1, -0.05) is 72.1 Å². The number of unbranched alkanes of at least 4 members (excludes halogenated alkanes) is 8. The van der Waals surface area contributed by atoms with Gasteiger partial charge in [0.15, 0.2) is 17.5 Å². The van der Waals surface area contributed by atoms with Gasteiger partial charge in [0.2, 0.25) is 0 Å². The van der Waals surface area contributed by atoms with Crippen molar-refractivity contribution < 1.29 is 51.3 Å². The average molecular weight is 776 g/mol. The van der Waals surface area contributed by atoms with Gasteiger partial charge in [0, 0.05) is 30.4 Å². The number of rotatable bonds is 26. The van der Waals surface area contributed by atoms with E-state index < -0.39 is 78.3 Å². The van der Waals surface area contributed by atoms with Gasteiger partial charge in [-0.05, 0) is 25.0 Å². The molecule has 2 heterocycles. The molecule has 0 radical (unpaired) electrons. The number of hydrogen-bond acceptors (Lipinski definition) is 12. The van der Waals surface area contributed by atoms with E-state index in [-0.39, 0.29) is 37.3 Å². The van der Waals surface area contributed by atoms with Gasteiger partial charge >= 0.3 is 23.9 Å². The molecule has 0 amide bonds. The molecule has 0 bridgehead atoms. The Morgan fingerprint density at radius 1 is 0.745 bits per heavy atom. The number of aromatic nitrogens is 5. The standard InChI is InChI=1S/C39H52F3N5O8/c1-4-6-8-10-12-14-34(48)52-22-30(23-53-35(49)15-13-11-9-7-5-2)54-36(50)18-19-37(51)55-39(24-47-27-44-26-46-47,31-17-16-29(40)20-32(31)41)28(3)38-33(42)21-43-25-45-38/h16-17,20-21,25-28,30H,4-15,18-19,22-24H2,1-3H3/t28-,39+/m0/s1. The molecule has 16 heteroatoms. The van der Waals surface area contributed by atoms with Crippen molar-refractivity contribution in [3.8, 4) is 0 Å². The van der Waals surface area contributed by atoms with E-state index in [0.29, 0.717) is 18.9 Å². The molecule has 0 saturated carbocycles. The van der Waals surface area contributed by atoms with Crippen LogP contribution in [0.25, 0.3) is 0 Å². The molecule has 0 spiro atoms. The Morgan fingerprint density at radius 2 is 1.36 bits per heavy atom. The van der Waals surface area contributed by atoms with Crippen molar-refractivity contribution in [2.24, 2.45) is 0 Å². The van der Waals surface area contributed by atoms with Crippen LogP contribution in [0.5, 0.6) is 0 Å². The Labute approximate surface area is 319 Å². The summed E-state index contributed by atoms with van der Waals surface area (Å²) in [5.41, 5.74) is -2.65. The van der Waals surface area contributed by atoms with Crippen LogP contribution in [0, 0.1) is 17.5 Å². The van der Waals surface area contributed by atoms with Crippen molar-refractivity contribution >= 4 is 23.9 Å². The minimum absolute atomic E-state index is 0.177. The Bertz CT molecular complexity index is 1620. The maximum atomic E-state index is 15.6. The van der Waals surface area contributed by atoms with Gasteiger partial charge < -0.3 is 18.9 Å². The van der Waals surface area contributed by atoms with Crippen LogP contribution in [0.1, 0.15) is 128 Å². The first-order valence-corrected chi connectivity index (χ1v) is 18.9. The van der Waals surface area contributed by atoms with Crippen LogP contribution in [0.15, 0.2) is 43.4 Å². The summed E-state index contributed by atoms with van der Waals surface area (Å²) in [5.74, 6) is -7.01. The number of hydrogen-bond donors (Lipinski definition) is 0. The predicted octanol–water partition coefficient (Wildman–Crippen LogP) is 7.23. The lowest BCUT2D eigenvalue weighted by Gasteiger charge is -2.38. The number of carbonyl (C=O) groups excluding carboxylic acids is 4. The monoisotopic (exact) mass is 775 g/mol. The molecule has 3 rings (SSSR count). The van der Waals surface area contributed by atoms with Crippen LogP contribution in [0.4, 0.5) is 13.2 Å². The van der Waals surface area contributed by atoms with Crippen molar-refractivity contribution in [3.63, 3.8) is 0 Å². The fraction of sp³-hybridized carbons (Fsp3) is 0.590. The molecule has 0 aliphatic rings. The van der Waals surface area contributed by atoms with E-state index in [1.807, 2.05) is 0 Å². The molecule has 0 saturated heterocycles. The van der Waals surface area contributed by atoms with Crippen LogP contribution in [-0.2, 0) is 50.3 Å². The first-order valence-electron chi connectivity index (χ1n) is 18.9. The zero-order chi connectivity index (χ0) is 40.1. The first kappa shape index (κ1) is 44.5. The van der Waals surface area contributed by atoms with Crippen molar-refractivity contribution in [1.82, 2.24) is 24.7 Å². The quantitative estimate of drug-likeness (QED) is 0.0458. The van der Waals surface area contributed by atoms with E-state index in [0.717, 1.165) is 76.0 Å². The lowest BCUT2D eigenvalue weighted by atomic mass is 9.79. The normalized spacial score (nSPS) is 12.9. The van der Waals surface area contributed by atoms with Gasteiger partial charge in [-0.2, -0.15) is 5.10 Å². The van der Waals surface area contributed by atoms with Gasteiger partial charge in [0.1, 0.15) is 43.8 Å². The summed E-state index contributed by atoms with van der Waals surface area (Å²) in [6.07, 6.45) is 11.7. The van der Waals surface area contributed by atoms with Crippen LogP contribution in [-0.4, -0.2) is 67.9 Å². The molecule has 0 aliphatic carbocycles. The Morgan fingerprint density at radius 3 is 1.93 bits per heavy atom. The number of ether oxygens (including phenoxy) is 4. The second-order valence-corrected chi connectivity index (χ2v) is 13.4. The van der Waals surface area contributed by atoms with E-state index in [1.54, 1.807) is 0 Å². The number of esters is 4. The van der Waals surface area contributed by atoms with E-state index in [9.17, 15) is 23.6 Å². The summed E-state index contributed by atoms with van der Waals surface area (Å²) in [7, 11) is 0. The van der Waals surface area contributed by atoms with Gasteiger partial charge in [0.25, 0.3) is 0 Å². The van der Waals surface area contributed by atoms with Gasteiger partial charge in [-0.3, -0.25) is 19.2 Å². The SMILES string of the molecule is CCCCCCCC(=O)OCC(COC(=O)CCCCCCC)OC(=O)CCC(=O)O[C@@](Cn1cncn1)(c1ccc(F)cc1F)[C@@H](C)c1ncncc1F. The van der Waals surface area contributed by atoms with Crippen LogP contribution < -0.4 is 0 Å². The highest BCUT2D eigenvalue weighted by molar-refractivity contribution is 5.78. The topological polar surface area (TPSA) is 162 Å². The van der Waals surface area contributed by atoms with E-state index in [2.05, 4.69) is 33.9 Å². The average Bonchev–Trinajstić information content (AvgIpc) is 3.67. The summed E-state index contributed by atoms with van der Waals surface area (Å²) in [6, 6.07) is 2.63. The van der Waals surface area contributed by atoms with Crippen LogP contribution in [0.3, 0.4) is 0 Å². The minimum atomic E-state index is -2.10. The molecule has 2 aromatic heterocycles. The Kier molecular flexibility index (Phi) is 19.3. The zero-order valence-electron chi connectivity index (χ0n) is 31.9. The predicted molar refractivity (Wildman–Crippen MR) is 192 cm³/mol. The highest BCUT2D eigenvalue weighted by atomic mass is 19.1. The van der Waals surface area contributed by atoms with Gasteiger partial charge in [-0.15, -0.1) is 0 Å². The summed E-state index contributed by atoms with van der Waals surface area (Å²) >= 11 is 0.